The van der Waals surface area contributed by atoms with Crippen molar-refractivity contribution in [3.8, 4) is 0 Å². The minimum absolute atomic E-state index is 0.131. The third kappa shape index (κ3) is 5.30. The molecule has 0 aromatic rings. The largest absolute Gasteiger partial charge is 0.394 e. The molecule has 0 heterocycles. The van der Waals surface area contributed by atoms with Crippen molar-refractivity contribution in [2.75, 3.05) is 6.61 Å². The molecule has 8 N–H and O–H groups in total. The van der Waals surface area contributed by atoms with Crippen molar-refractivity contribution in [1.82, 2.24) is 5.43 Å². The predicted molar refractivity (Wildman–Crippen MR) is 59.5 cm³/mol. The molecule has 0 spiro atoms. The Morgan fingerprint density at radius 1 is 1.31 bits per heavy atom. The van der Waals surface area contributed by atoms with Crippen LogP contribution in [-0.4, -0.2) is 67.9 Å². The maximum absolute atomic E-state index is 9.30. The van der Waals surface area contributed by atoms with Crippen molar-refractivity contribution in [3.63, 3.8) is 0 Å². The van der Waals surface area contributed by atoms with Gasteiger partial charge in [-0.15, -0.1) is 0 Å². The Morgan fingerprint density at radius 3 is 2.31 bits per heavy atom. The first-order chi connectivity index (χ1) is 7.40. The monoisotopic (exact) mass is 253 g/mol. The number of rotatable bonds is 6. The molecule has 8 nitrogen and oxygen atoms in total. The van der Waals surface area contributed by atoms with E-state index in [1.165, 1.54) is 0 Å². The van der Waals surface area contributed by atoms with Crippen LogP contribution in [0.15, 0.2) is 5.10 Å². The van der Waals surface area contributed by atoms with Crippen molar-refractivity contribution >= 4 is 23.5 Å². The van der Waals surface area contributed by atoms with Gasteiger partial charge in [-0.05, 0) is 12.2 Å². The minimum atomic E-state index is -1.70. The van der Waals surface area contributed by atoms with Crippen LogP contribution in [0.5, 0.6) is 0 Å². The SMILES string of the molecule is NC(=S)N/N=C/[C@@H](O)[C@@H](O)[C@@H](O)[C@@H](O)CO. The van der Waals surface area contributed by atoms with Crippen LogP contribution in [0.25, 0.3) is 0 Å². The van der Waals surface area contributed by atoms with E-state index in [-0.39, 0.29) is 5.11 Å². The molecule has 0 aromatic heterocycles. The van der Waals surface area contributed by atoms with Crippen LogP contribution in [0.2, 0.25) is 0 Å². The Labute approximate surface area is 97.0 Å². The highest BCUT2D eigenvalue weighted by Gasteiger charge is 2.29. The summed E-state index contributed by atoms with van der Waals surface area (Å²) in [6.07, 6.45) is -5.65. The van der Waals surface area contributed by atoms with Gasteiger partial charge in [0.2, 0.25) is 0 Å². The second-order valence-corrected chi connectivity index (χ2v) is 3.42. The Morgan fingerprint density at radius 2 is 1.88 bits per heavy atom. The van der Waals surface area contributed by atoms with Crippen LogP contribution in [0.3, 0.4) is 0 Å². The lowest BCUT2D eigenvalue weighted by Gasteiger charge is -2.23. The fourth-order valence-corrected chi connectivity index (χ4v) is 0.856. The summed E-state index contributed by atoms with van der Waals surface area (Å²) in [4.78, 5) is 0. The molecule has 0 fully saturated rings. The van der Waals surface area contributed by atoms with Crippen LogP contribution in [0.4, 0.5) is 0 Å². The average molecular weight is 253 g/mol. The van der Waals surface area contributed by atoms with Gasteiger partial charge < -0.3 is 31.3 Å². The Bertz CT molecular complexity index is 252. The summed E-state index contributed by atoms with van der Waals surface area (Å²) in [7, 11) is 0. The number of thiocarbonyl (C=S) groups is 1. The van der Waals surface area contributed by atoms with Gasteiger partial charge in [-0.25, -0.2) is 0 Å². The van der Waals surface area contributed by atoms with Crippen LogP contribution < -0.4 is 11.2 Å². The molecule has 0 rings (SSSR count). The van der Waals surface area contributed by atoms with E-state index in [0.29, 0.717) is 0 Å². The van der Waals surface area contributed by atoms with Gasteiger partial charge in [0, 0.05) is 0 Å². The van der Waals surface area contributed by atoms with Crippen LogP contribution >= 0.6 is 12.2 Å². The van der Waals surface area contributed by atoms with E-state index < -0.39 is 31.0 Å². The third-order valence-corrected chi connectivity index (χ3v) is 1.77. The van der Waals surface area contributed by atoms with Crippen LogP contribution in [0.1, 0.15) is 0 Å². The second kappa shape index (κ2) is 7.44. The van der Waals surface area contributed by atoms with Gasteiger partial charge in [0.1, 0.15) is 24.4 Å². The standard InChI is InChI=1S/C7H15N3O5S/c8-7(16)10-9-1-3(12)5(14)6(15)4(13)2-11/h1,3-6,11-15H,2H2,(H3,8,10,16)/b9-1+/t3-,4+,5-,6+/m1/s1. The van der Waals surface area contributed by atoms with Gasteiger partial charge in [-0.2, -0.15) is 5.10 Å². The van der Waals surface area contributed by atoms with Crippen molar-refractivity contribution in [2.45, 2.75) is 24.4 Å². The normalized spacial score (nSPS) is 19.1. The molecule has 0 radical (unpaired) electrons. The average Bonchev–Trinajstić information content (AvgIpc) is 2.25. The van der Waals surface area contributed by atoms with E-state index in [9.17, 15) is 15.3 Å². The maximum Gasteiger partial charge on any atom is 0.184 e. The molecule has 9 heteroatoms. The van der Waals surface area contributed by atoms with Crippen molar-refractivity contribution in [2.24, 2.45) is 10.8 Å². The minimum Gasteiger partial charge on any atom is -0.394 e. The third-order valence-electron chi connectivity index (χ3n) is 1.68. The smallest absolute Gasteiger partial charge is 0.184 e. The van der Waals surface area contributed by atoms with Gasteiger partial charge in [0.15, 0.2) is 5.11 Å². The number of nitrogens with one attached hydrogen (secondary N) is 1. The lowest BCUT2D eigenvalue weighted by Crippen LogP contribution is -2.46. The van der Waals surface area contributed by atoms with E-state index in [2.05, 4.69) is 22.7 Å². The quantitative estimate of drug-likeness (QED) is 0.145. The fraction of sp³-hybridized carbons (Fsp3) is 0.714. The summed E-state index contributed by atoms with van der Waals surface area (Å²) < 4.78 is 0. The first-order valence-electron chi connectivity index (χ1n) is 4.32. The molecule has 0 amide bonds. The molecular formula is C7H15N3O5S. The number of hydrogen-bond acceptors (Lipinski definition) is 7. The summed E-state index contributed by atoms with van der Waals surface area (Å²) in [5.74, 6) is 0. The highest BCUT2D eigenvalue weighted by Crippen LogP contribution is 2.03. The number of hydrogen-bond donors (Lipinski definition) is 7. The summed E-state index contributed by atoms with van der Waals surface area (Å²) in [5.41, 5.74) is 7.15. The first kappa shape index (κ1) is 15.2. The Balaban J connectivity index is 4.21. The lowest BCUT2D eigenvalue weighted by atomic mass is 10.0. The van der Waals surface area contributed by atoms with Gasteiger partial charge in [0.25, 0.3) is 0 Å². The van der Waals surface area contributed by atoms with Crippen molar-refractivity contribution in [3.05, 3.63) is 0 Å². The van der Waals surface area contributed by atoms with Crippen LogP contribution in [0, 0.1) is 0 Å². The van der Waals surface area contributed by atoms with Crippen molar-refractivity contribution < 1.29 is 25.5 Å². The maximum atomic E-state index is 9.30. The summed E-state index contributed by atoms with van der Waals surface area (Å²) in [6.45, 7) is -0.743. The molecule has 0 saturated heterocycles. The zero-order valence-electron chi connectivity index (χ0n) is 8.26. The lowest BCUT2D eigenvalue weighted by molar-refractivity contribution is -0.0999. The molecule has 0 aromatic carbocycles. The molecule has 4 atom stereocenters. The van der Waals surface area contributed by atoms with E-state index in [4.69, 9.17) is 15.9 Å². The fourth-order valence-electron chi connectivity index (χ4n) is 0.803. The molecule has 16 heavy (non-hydrogen) atoms. The van der Waals surface area contributed by atoms with Gasteiger partial charge >= 0.3 is 0 Å². The van der Waals surface area contributed by atoms with Gasteiger partial charge in [-0.3, -0.25) is 5.43 Å². The molecule has 0 unspecified atom stereocenters. The first-order valence-corrected chi connectivity index (χ1v) is 4.72. The Kier molecular flexibility index (Phi) is 7.05. The zero-order valence-corrected chi connectivity index (χ0v) is 9.08. The Hall–Kier alpha value is -0.840. The zero-order chi connectivity index (χ0) is 12.7. The summed E-state index contributed by atoms with van der Waals surface area (Å²) in [6, 6.07) is 0. The number of nitrogens with two attached hydrogens (primary N) is 1. The molecule has 0 aliphatic heterocycles. The highest BCUT2D eigenvalue weighted by atomic mass is 32.1. The molecule has 0 saturated carbocycles. The molecule has 0 bridgehead atoms. The van der Waals surface area contributed by atoms with E-state index in [1.54, 1.807) is 0 Å². The second-order valence-electron chi connectivity index (χ2n) is 2.98. The molecular weight excluding hydrogens is 238 g/mol. The molecule has 94 valence electrons. The van der Waals surface area contributed by atoms with Crippen LogP contribution in [-0.2, 0) is 0 Å². The number of nitrogens with zero attached hydrogens (tertiary/aromatic N) is 1. The predicted octanol–water partition coefficient (Wildman–Crippen LogP) is -3.76. The number of aliphatic hydroxyl groups excluding tert-OH is 5. The van der Waals surface area contributed by atoms with Gasteiger partial charge in [0.05, 0.1) is 12.8 Å². The molecule has 0 aliphatic carbocycles. The van der Waals surface area contributed by atoms with E-state index >= 15 is 0 Å². The number of aliphatic hydroxyl groups is 5. The topological polar surface area (TPSA) is 152 Å². The van der Waals surface area contributed by atoms with E-state index in [0.717, 1.165) is 6.21 Å². The molecule has 0 aliphatic rings. The summed E-state index contributed by atoms with van der Waals surface area (Å²) in [5, 5.41) is 48.5. The number of hydrazone groups is 1. The summed E-state index contributed by atoms with van der Waals surface area (Å²) >= 11 is 4.41. The highest BCUT2D eigenvalue weighted by molar-refractivity contribution is 7.80. The van der Waals surface area contributed by atoms with Crippen molar-refractivity contribution in [1.29, 1.82) is 0 Å². The van der Waals surface area contributed by atoms with Gasteiger partial charge in [-0.1, -0.05) is 0 Å². The van der Waals surface area contributed by atoms with E-state index in [1.807, 2.05) is 0 Å².